The largest absolute Gasteiger partial charge is 0.394 e. The quantitative estimate of drug-likeness (QED) is 0.440. The average molecular weight is 435 g/mol. The van der Waals surface area contributed by atoms with E-state index >= 15 is 0 Å². The lowest BCUT2D eigenvalue weighted by Gasteiger charge is -2.36. The van der Waals surface area contributed by atoms with E-state index in [-0.39, 0.29) is 43.4 Å². The minimum atomic E-state index is -0.513. The number of hydrogen-bond acceptors (Lipinski definition) is 7. The van der Waals surface area contributed by atoms with E-state index < -0.39 is 6.10 Å². The molecule has 0 saturated carbocycles. The Morgan fingerprint density at radius 3 is 2.77 bits per heavy atom. The second-order valence-electron chi connectivity index (χ2n) is 8.09. The number of carbonyl (C=O) groups is 2. The van der Waals surface area contributed by atoms with Crippen molar-refractivity contribution in [2.45, 2.75) is 50.4 Å². The van der Waals surface area contributed by atoms with E-state index in [9.17, 15) is 14.7 Å². The molecule has 1 aromatic heterocycles. The Kier molecular flexibility index (Phi) is 9.67. The maximum atomic E-state index is 12.3. The summed E-state index contributed by atoms with van der Waals surface area (Å²) in [4.78, 5) is 31.1. The Bertz CT molecular complexity index is 684. The molecule has 9 nitrogen and oxygen atoms in total. The van der Waals surface area contributed by atoms with Gasteiger partial charge in [-0.2, -0.15) is 0 Å². The van der Waals surface area contributed by atoms with Crippen LogP contribution in [0.5, 0.6) is 0 Å². The number of nitrogens with zero attached hydrogens (tertiary/aromatic N) is 2. The fourth-order valence-electron chi connectivity index (χ4n) is 4.01. The Morgan fingerprint density at radius 2 is 2.03 bits per heavy atom. The standard InChI is InChI=1S/C22H34N4O5/c27-16-20-19(25-22(29)14-17-4-1-2-7-23-17)6-5-18(31-20)15-21(28)24-8-3-9-26-10-12-30-13-11-26/h1-2,4,7,18-20,27H,3,5-6,8-16H2,(H,24,28)(H,25,29)/t18-,19+,20+/m1/s1. The van der Waals surface area contributed by atoms with Gasteiger partial charge in [-0.1, -0.05) is 6.07 Å². The van der Waals surface area contributed by atoms with Crippen LogP contribution in [-0.2, 0) is 25.5 Å². The highest BCUT2D eigenvalue weighted by Crippen LogP contribution is 2.22. The smallest absolute Gasteiger partial charge is 0.226 e. The molecule has 172 valence electrons. The van der Waals surface area contributed by atoms with E-state index in [0.29, 0.717) is 25.1 Å². The van der Waals surface area contributed by atoms with E-state index in [2.05, 4.69) is 20.5 Å². The van der Waals surface area contributed by atoms with Crippen molar-refractivity contribution in [3.8, 4) is 0 Å². The first-order chi connectivity index (χ1) is 15.1. The number of nitrogens with one attached hydrogen (secondary N) is 2. The lowest BCUT2D eigenvalue weighted by Crippen LogP contribution is -2.51. The number of pyridine rings is 1. The molecule has 3 N–H and O–H groups in total. The maximum Gasteiger partial charge on any atom is 0.226 e. The minimum Gasteiger partial charge on any atom is -0.394 e. The van der Waals surface area contributed by atoms with Crippen molar-refractivity contribution >= 4 is 11.8 Å². The molecule has 2 aliphatic heterocycles. The van der Waals surface area contributed by atoms with E-state index in [4.69, 9.17) is 9.47 Å². The van der Waals surface area contributed by atoms with E-state index in [1.165, 1.54) is 0 Å². The Labute approximate surface area is 183 Å². The number of hydrogen-bond donors (Lipinski definition) is 3. The van der Waals surface area contributed by atoms with Crippen molar-refractivity contribution in [3.05, 3.63) is 30.1 Å². The number of aromatic nitrogens is 1. The van der Waals surface area contributed by atoms with Crippen molar-refractivity contribution in [3.63, 3.8) is 0 Å². The molecule has 0 aromatic carbocycles. The molecule has 3 rings (SSSR count). The van der Waals surface area contributed by atoms with Crippen molar-refractivity contribution in [2.75, 3.05) is 46.0 Å². The third-order valence-electron chi connectivity index (χ3n) is 5.70. The van der Waals surface area contributed by atoms with Crippen LogP contribution in [0.2, 0.25) is 0 Å². The van der Waals surface area contributed by atoms with Gasteiger partial charge < -0.3 is 25.2 Å². The van der Waals surface area contributed by atoms with Crippen LogP contribution < -0.4 is 10.6 Å². The monoisotopic (exact) mass is 434 g/mol. The van der Waals surface area contributed by atoms with Gasteiger partial charge in [0.2, 0.25) is 11.8 Å². The summed E-state index contributed by atoms with van der Waals surface area (Å²) in [6.07, 6.45) is 3.57. The number of morpholine rings is 1. The molecule has 2 amide bonds. The summed E-state index contributed by atoms with van der Waals surface area (Å²) in [7, 11) is 0. The zero-order chi connectivity index (χ0) is 21.9. The summed E-state index contributed by atoms with van der Waals surface area (Å²) in [6, 6.07) is 5.18. The van der Waals surface area contributed by atoms with Crippen LogP contribution in [0, 0.1) is 0 Å². The molecule has 2 aliphatic rings. The normalized spacial score (nSPS) is 24.5. The fourth-order valence-corrected chi connectivity index (χ4v) is 4.01. The van der Waals surface area contributed by atoms with Gasteiger partial charge in [0.1, 0.15) is 6.10 Å². The molecule has 0 radical (unpaired) electrons. The first-order valence-corrected chi connectivity index (χ1v) is 11.2. The van der Waals surface area contributed by atoms with Crippen molar-refractivity contribution < 1.29 is 24.2 Å². The van der Waals surface area contributed by atoms with Crippen LogP contribution in [0.3, 0.4) is 0 Å². The van der Waals surface area contributed by atoms with E-state index in [1.54, 1.807) is 18.3 Å². The lowest BCUT2D eigenvalue weighted by atomic mass is 9.96. The van der Waals surface area contributed by atoms with Crippen LogP contribution in [-0.4, -0.2) is 91.1 Å². The first kappa shape index (κ1) is 23.6. The summed E-state index contributed by atoms with van der Waals surface area (Å²) in [5.74, 6) is -0.191. The number of aliphatic hydroxyl groups excluding tert-OH is 1. The van der Waals surface area contributed by atoms with Gasteiger partial charge in [0, 0.05) is 31.5 Å². The summed E-state index contributed by atoms with van der Waals surface area (Å²) in [5, 5.41) is 15.6. The minimum absolute atomic E-state index is 0.0405. The summed E-state index contributed by atoms with van der Waals surface area (Å²) < 4.78 is 11.2. The molecule has 31 heavy (non-hydrogen) atoms. The second-order valence-corrected chi connectivity index (χ2v) is 8.09. The molecule has 2 saturated heterocycles. The lowest BCUT2D eigenvalue weighted by molar-refractivity contribution is -0.135. The number of amides is 2. The van der Waals surface area contributed by atoms with Crippen LogP contribution >= 0.6 is 0 Å². The van der Waals surface area contributed by atoms with Crippen LogP contribution in [0.1, 0.15) is 31.4 Å². The zero-order valence-corrected chi connectivity index (χ0v) is 18.0. The van der Waals surface area contributed by atoms with E-state index in [1.807, 2.05) is 6.07 Å². The number of ether oxygens (including phenoxy) is 2. The van der Waals surface area contributed by atoms with Crippen LogP contribution in [0.15, 0.2) is 24.4 Å². The Balaban J connectivity index is 1.33. The third-order valence-corrected chi connectivity index (χ3v) is 5.70. The van der Waals surface area contributed by atoms with Crippen molar-refractivity contribution in [1.82, 2.24) is 20.5 Å². The predicted molar refractivity (Wildman–Crippen MR) is 114 cm³/mol. The van der Waals surface area contributed by atoms with Crippen LogP contribution in [0.25, 0.3) is 0 Å². The molecule has 2 fully saturated rings. The Morgan fingerprint density at radius 1 is 1.19 bits per heavy atom. The first-order valence-electron chi connectivity index (χ1n) is 11.2. The molecular weight excluding hydrogens is 400 g/mol. The van der Waals surface area contributed by atoms with Gasteiger partial charge in [0.25, 0.3) is 0 Å². The van der Waals surface area contributed by atoms with Crippen molar-refractivity contribution in [1.29, 1.82) is 0 Å². The van der Waals surface area contributed by atoms with Crippen LogP contribution in [0.4, 0.5) is 0 Å². The summed E-state index contributed by atoms with van der Waals surface area (Å²) >= 11 is 0. The number of rotatable bonds is 10. The molecule has 0 unspecified atom stereocenters. The highest BCUT2D eigenvalue weighted by Gasteiger charge is 2.32. The summed E-state index contributed by atoms with van der Waals surface area (Å²) in [6.45, 7) is 4.85. The summed E-state index contributed by atoms with van der Waals surface area (Å²) in [5.41, 5.74) is 0.695. The molecule has 3 atom stereocenters. The van der Waals surface area contributed by atoms with Gasteiger partial charge in [0.15, 0.2) is 0 Å². The fraction of sp³-hybridized carbons (Fsp3) is 0.682. The Hall–Kier alpha value is -2.07. The molecular formula is C22H34N4O5. The SMILES string of the molecule is O=C(C[C@H]1CC[C@H](NC(=O)Cc2ccccn2)[C@H](CO)O1)NCCCN1CCOCC1. The van der Waals surface area contributed by atoms with Crippen molar-refractivity contribution in [2.24, 2.45) is 0 Å². The topological polar surface area (TPSA) is 113 Å². The van der Waals surface area contributed by atoms with Gasteiger partial charge >= 0.3 is 0 Å². The van der Waals surface area contributed by atoms with Gasteiger partial charge in [0.05, 0.1) is 44.8 Å². The van der Waals surface area contributed by atoms with Gasteiger partial charge in [-0.05, 0) is 37.9 Å². The highest BCUT2D eigenvalue weighted by atomic mass is 16.5. The molecule has 0 bridgehead atoms. The van der Waals surface area contributed by atoms with Gasteiger partial charge in [-0.25, -0.2) is 0 Å². The second kappa shape index (κ2) is 12.7. The average Bonchev–Trinajstić information content (AvgIpc) is 2.79. The predicted octanol–water partition coefficient (Wildman–Crippen LogP) is -0.123. The van der Waals surface area contributed by atoms with Gasteiger partial charge in [-0.15, -0.1) is 0 Å². The molecule has 0 aliphatic carbocycles. The molecule has 9 heteroatoms. The van der Waals surface area contributed by atoms with Gasteiger partial charge in [-0.3, -0.25) is 19.5 Å². The number of carbonyl (C=O) groups excluding carboxylic acids is 2. The third kappa shape index (κ3) is 8.17. The molecule has 0 spiro atoms. The maximum absolute atomic E-state index is 12.3. The molecule has 1 aromatic rings. The molecule has 3 heterocycles. The number of aliphatic hydroxyl groups is 1. The van der Waals surface area contributed by atoms with E-state index in [0.717, 1.165) is 39.3 Å². The zero-order valence-electron chi connectivity index (χ0n) is 18.0. The highest BCUT2D eigenvalue weighted by molar-refractivity contribution is 5.78.